The molecule has 22 nitrogen and oxygen atoms in total. The number of para-hydroxylation sites is 4. The Labute approximate surface area is 623 Å². The van der Waals surface area contributed by atoms with Gasteiger partial charge < -0.3 is 75.1 Å². The SMILES string of the molecule is CB(O)N1CCC(=O)CC1.CB(O)N1CCC2C(C1)c1ccccc1N2C.CB(O)N1CCC2Nc3ccccc3C2C1.CN1c2ccccc2C2CNCCC21.Cn1c2c(c3ccccc31)CN(C(=O)/C=C/c1cnc3c(c1)C1(CCC1)C(=O)N3)CC2.O=C(O)/C=C/c1cnc2c(c1)C1(CCC1)C(=O)N2. The number of pyridine rings is 2. The van der Waals surface area contributed by atoms with E-state index in [9.17, 15) is 34.0 Å². The third-order valence-corrected chi connectivity index (χ3v) is 24.8. The van der Waals surface area contributed by atoms with Crippen molar-refractivity contribution < 1.29 is 44.2 Å². The van der Waals surface area contributed by atoms with E-state index < -0.39 is 23.8 Å². The molecule has 6 fully saturated rings. The molecule has 6 atom stereocenters. The second-order valence-electron chi connectivity index (χ2n) is 30.8. The van der Waals surface area contributed by atoms with Crippen LogP contribution in [0.1, 0.15) is 139 Å². The normalized spacial score (nSPS) is 23.5. The van der Waals surface area contributed by atoms with Crippen LogP contribution in [0, 0.1) is 0 Å². The smallest absolute Gasteiger partial charge is 0.376 e. The van der Waals surface area contributed by atoms with Gasteiger partial charge in [-0.1, -0.05) is 85.6 Å². The molecule has 2 spiro atoms. The van der Waals surface area contributed by atoms with Crippen LogP contribution in [0.5, 0.6) is 0 Å². The predicted octanol–water partition coefficient (Wildman–Crippen LogP) is 9.23. The molecule has 106 heavy (non-hydrogen) atoms. The van der Waals surface area contributed by atoms with E-state index in [0.717, 1.165) is 132 Å². The lowest BCUT2D eigenvalue weighted by atomic mass is 9.65. The average molecular weight is 1430 g/mol. The summed E-state index contributed by atoms with van der Waals surface area (Å²) in [5.41, 5.74) is 14.9. The van der Waals surface area contributed by atoms with Crippen molar-refractivity contribution in [1.29, 1.82) is 0 Å². The van der Waals surface area contributed by atoms with Crippen molar-refractivity contribution >= 4 is 102 Å². The molecule has 2 aliphatic carbocycles. The highest BCUT2D eigenvalue weighted by Crippen LogP contribution is 2.52. The summed E-state index contributed by atoms with van der Waals surface area (Å²) in [6, 6.07) is 40.2. The van der Waals surface area contributed by atoms with Gasteiger partial charge in [-0.2, -0.15) is 0 Å². The Hall–Kier alpha value is -8.94. The van der Waals surface area contributed by atoms with Gasteiger partial charge in [-0.3, -0.25) is 19.2 Å². The molecule has 0 bridgehead atoms. The molecule has 4 aromatic carbocycles. The lowest BCUT2D eigenvalue weighted by Crippen LogP contribution is -2.49. The summed E-state index contributed by atoms with van der Waals surface area (Å²) >= 11 is 0. The highest BCUT2D eigenvalue weighted by atomic mass is 16.4. The second kappa shape index (κ2) is 31.5. The number of nitrogens with one attached hydrogen (secondary N) is 4. The monoisotopic (exact) mass is 1430 g/mol. The van der Waals surface area contributed by atoms with E-state index in [4.69, 9.17) is 10.1 Å². The quantitative estimate of drug-likeness (QED) is 0.0546. The lowest BCUT2D eigenvalue weighted by molar-refractivity contribution is -0.131. The topological polar surface area (TPSA) is 265 Å². The number of carboxylic acid groups (broad SMARTS) is 1. The maximum Gasteiger partial charge on any atom is 0.376 e. The Morgan fingerprint density at radius 3 is 1.70 bits per heavy atom. The van der Waals surface area contributed by atoms with Gasteiger partial charge in [0.15, 0.2) is 0 Å². The number of anilines is 5. The largest absolute Gasteiger partial charge is 0.478 e. The van der Waals surface area contributed by atoms with E-state index >= 15 is 0 Å². The zero-order valence-electron chi connectivity index (χ0n) is 62.0. The standard InChI is InChI=1S/C25H24N4O2.C13H19BN2O.C13H12N2O3.C12H17BN2O.C12H16N2.C6H12BNO2/c1-28-20-6-3-2-5-17(20)18-15-29(12-9-21(18)28)22(30)8-7-16-13-19-23(26-14-16)27-24(31)25(19)10-4-11-25;1-14(17)16-8-7-13-11(9-16)10-5-3-4-6-12(10)15(13)2;16-10(17)3-2-8-6-9-11(14-7-8)15-12(18)13(9)4-1-5-13;1-13(16)15-7-6-12-10(8-15)9-4-2-3-5-11(9)14-12;1-14-11-5-3-2-4-9(11)10-8-13-7-6-12(10)14;1-7(10)8-4-2-6(9)3-5-8/h2-3,5-8,13-14H,4,9-12,15H2,1H3,(H,26,27,31);3-6,11,13,17H,7-9H2,1-2H3;2-3,6-7H,1,4-5H2,(H,16,17)(H,14,15,18);2-5,10,12,14,16H,6-8H2,1H3;2-5,10,12-13H,6-8H2,1H3;10H,2-5H2,1H3/b8-7+;;3-2+;;;. The number of rotatable bonds is 7. The van der Waals surface area contributed by atoms with Gasteiger partial charge in [-0.25, -0.2) is 14.8 Å². The first-order valence-corrected chi connectivity index (χ1v) is 38.2. The Kier molecular flexibility index (Phi) is 22.0. The Balaban J connectivity index is 0.000000111. The lowest BCUT2D eigenvalue weighted by Gasteiger charge is -2.38. The molecule has 2 saturated carbocycles. The van der Waals surface area contributed by atoms with E-state index in [1.54, 1.807) is 25.3 Å². The molecule has 7 aromatic rings. The van der Waals surface area contributed by atoms with Gasteiger partial charge in [0.1, 0.15) is 17.4 Å². The van der Waals surface area contributed by atoms with Crippen molar-refractivity contribution in [3.8, 4) is 0 Å². The number of amides is 3. The van der Waals surface area contributed by atoms with Gasteiger partial charge in [0, 0.05) is 171 Å². The van der Waals surface area contributed by atoms with E-state index in [0.29, 0.717) is 78.8 Å². The van der Waals surface area contributed by atoms with Crippen LogP contribution in [0.15, 0.2) is 134 Å². The van der Waals surface area contributed by atoms with Crippen molar-refractivity contribution in [3.63, 3.8) is 0 Å². The number of carboxylic acids is 1. The number of piperidine rings is 4. The van der Waals surface area contributed by atoms with E-state index in [1.807, 2.05) is 41.6 Å². The molecule has 4 saturated heterocycles. The van der Waals surface area contributed by atoms with E-state index in [2.05, 4.69) is 173 Å². The van der Waals surface area contributed by atoms with Crippen molar-refractivity contribution in [1.82, 2.24) is 39.2 Å². The zero-order valence-corrected chi connectivity index (χ0v) is 62.0. The molecule has 8 N–H and O–H groups in total. The zero-order chi connectivity index (χ0) is 74.1. The molecule has 552 valence electrons. The first-order chi connectivity index (χ1) is 51.2. The number of likely N-dealkylation sites (N-methyl/N-ethyl adjacent to an activating group) is 2. The van der Waals surface area contributed by atoms with Crippen molar-refractivity contribution in [2.45, 2.75) is 151 Å². The number of carbonyl (C=O) groups is 5. The van der Waals surface area contributed by atoms with Crippen molar-refractivity contribution in [2.75, 3.05) is 98.7 Å². The number of carbonyl (C=O) groups excluding carboxylic acids is 4. The Morgan fingerprint density at radius 2 is 1.11 bits per heavy atom. The molecule has 13 heterocycles. The molecule has 3 amide bonds. The summed E-state index contributed by atoms with van der Waals surface area (Å²) in [6.07, 6.45) is 20.5. The van der Waals surface area contributed by atoms with Crippen LogP contribution in [0.3, 0.4) is 0 Å². The van der Waals surface area contributed by atoms with Crippen LogP contribution in [0.4, 0.5) is 28.7 Å². The molecular weight excluding hydrogens is 1330 g/mol. The number of nitrogens with zero attached hydrogens (tertiary/aromatic N) is 9. The number of aliphatic carboxylic acids is 1. The van der Waals surface area contributed by atoms with Crippen LogP contribution in [-0.4, -0.2) is 196 Å². The van der Waals surface area contributed by atoms with Crippen molar-refractivity contribution in [2.24, 2.45) is 7.05 Å². The third kappa shape index (κ3) is 14.7. The summed E-state index contributed by atoms with van der Waals surface area (Å²) < 4.78 is 2.25. The molecule has 10 aliphatic heterocycles. The minimum Gasteiger partial charge on any atom is -0.478 e. The fourth-order valence-corrected chi connectivity index (χ4v) is 18.4. The highest BCUT2D eigenvalue weighted by Gasteiger charge is 2.53. The number of hydrogen-bond acceptors (Lipinski definition) is 17. The maximum absolute atomic E-state index is 13.0. The highest BCUT2D eigenvalue weighted by molar-refractivity contribution is 6.46. The van der Waals surface area contributed by atoms with E-state index in [1.165, 1.54) is 75.0 Å². The molecule has 12 aliphatic rings. The Morgan fingerprint density at radius 1 is 0.585 bits per heavy atom. The van der Waals surface area contributed by atoms with Crippen LogP contribution < -0.4 is 31.1 Å². The number of fused-ring (bicyclic) bond motifs is 16. The second-order valence-corrected chi connectivity index (χ2v) is 30.8. The van der Waals surface area contributed by atoms with Gasteiger partial charge in [-0.05, 0) is 188 Å². The summed E-state index contributed by atoms with van der Waals surface area (Å²) in [5, 5.41) is 51.1. The molecule has 0 radical (unpaired) electrons. The summed E-state index contributed by atoms with van der Waals surface area (Å²) in [7, 11) is 5.49. The van der Waals surface area contributed by atoms with Gasteiger partial charge in [0.05, 0.1) is 10.8 Å². The molecule has 3 aromatic heterocycles. The van der Waals surface area contributed by atoms with E-state index in [-0.39, 0.29) is 31.8 Å². The summed E-state index contributed by atoms with van der Waals surface area (Å²) in [6.45, 7) is 14.5. The molecule has 19 rings (SSSR count). The maximum atomic E-state index is 13.0. The first-order valence-electron chi connectivity index (χ1n) is 38.2. The predicted molar refractivity (Wildman–Crippen MR) is 421 cm³/mol. The van der Waals surface area contributed by atoms with Crippen molar-refractivity contribution in [3.05, 3.63) is 184 Å². The fourth-order valence-electron chi connectivity index (χ4n) is 18.4. The van der Waals surface area contributed by atoms with Crippen LogP contribution in [-0.2, 0) is 54.8 Å². The molecule has 25 heteroatoms. The minimum atomic E-state index is -0.997. The van der Waals surface area contributed by atoms with Gasteiger partial charge in [-0.15, -0.1) is 0 Å². The number of benzene rings is 4. The third-order valence-electron chi connectivity index (χ3n) is 24.8. The first kappa shape index (κ1) is 73.9. The number of aryl methyl sites for hydroxylation is 1. The number of ketones is 1. The molecular formula is C81H100B3N13O9. The van der Waals surface area contributed by atoms with Gasteiger partial charge in [0.2, 0.25) is 17.7 Å². The average Bonchev–Trinajstić information content (AvgIpc) is 1.57. The van der Waals surface area contributed by atoms with Crippen LogP contribution in [0.25, 0.3) is 23.1 Å². The van der Waals surface area contributed by atoms with Gasteiger partial charge in [0.25, 0.3) is 0 Å². The Bertz CT molecular complexity index is 4490. The summed E-state index contributed by atoms with van der Waals surface area (Å²) in [5.74, 6) is 2.52. The number of Topliss-reactive ketones (excluding diaryl/α,β-unsaturated/α-hetero) is 1. The molecule has 6 unspecified atom stereocenters. The van der Waals surface area contributed by atoms with Crippen LogP contribution >= 0.6 is 0 Å². The summed E-state index contributed by atoms with van der Waals surface area (Å²) in [4.78, 5) is 80.1. The number of aromatic nitrogens is 3. The number of hydrogen-bond donors (Lipinski definition) is 8. The van der Waals surface area contributed by atoms with Gasteiger partial charge >= 0.3 is 27.1 Å². The van der Waals surface area contributed by atoms with Crippen LogP contribution in [0.2, 0.25) is 20.5 Å². The fraction of sp³-hybridized carbons (Fsp3) is 0.444. The minimum absolute atomic E-state index is 0.00615.